The Bertz CT molecular complexity index is 466. The van der Waals surface area contributed by atoms with Gasteiger partial charge in [0.15, 0.2) is 0 Å². The Labute approximate surface area is 113 Å². The molecule has 1 aromatic rings. The third-order valence-corrected chi connectivity index (χ3v) is 3.42. The number of hydrogen-bond donors (Lipinski definition) is 1. The van der Waals surface area contributed by atoms with Crippen molar-refractivity contribution in [1.29, 1.82) is 0 Å². The van der Waals surface area contributed by atoms with Crippen LogP contribution < -0.4 is 5.32 Å². The molecular weight excluding hydrogens is 240 g/mol. The second kappa shape index (κ2) is 5.87. The average molecular weight is 260 g/mol. The van der Waals surface area contributed by atoms with Gasteiger partial charge in [-0.05, 0) is 23.6 Å². The monoisotopic (exact) mass is 260 g/mol. The molecule has 0 radical (unpaired) electrons. The van der Waals surface area contributed by atoms with Crippen LogP contribution in [0.3, 0.4) is 0 Å². The number of benzene rings is 1. The van der Waals surface area contributed by atoms with Crippen molar-refractivity contribution in [3.63, 3.8) is 0 Å². The van der Waals surface area contributed by atoms with Crippen LogP contribution in [0.2, 0.25) is 0 Å². The summed E-state index contributed by atoms with van der Waals surface area (Å²) in [6.07, 6.45) is 0.385. The van der Waals surface area contributed by atoms with E-state index in [0.717, 1.165) is 0 Å². The van der Waals surface area contributed by atoms with Gasteiger partial charge in [-0.25, -0.2) is 0 Å². The highest BCUT2D eigenvalue weighted by Crippen LogP contribution is 2.16. The lowest BCUT2D eigenvalue weighted by Gasteiger charge is -2.19. The van der Waals surface area contributed by atoms with Gasteiger partial charge in [0.25, 0.3) is 5.91 Å². The third kappa shape index (κ3) is 3.34. The topological polar surface area (TPSA) is 49.4 Å². The Hall–Kier alpha value is -1.84. The van der Waals surface area contributed by atoms with E-state index in [1.807, 2.05) is 24.3 Å². The minimum atomic E-state index is 0.00630. The van der Waals surface area contributed by atoms with Gasteiger partial charge in [0.1, 0.15) is 0 Å². The Kier molecular flexibility index (Phi) is 4.20. The molecule has 1 aliphatic rings. The van der Waals surface area contributed by atoms with Crippen LogP contribution in [-0.4, -0.2) is 36.3 Å². The number of hydrogen-bond acceptors (Lipinski definition) is 2. The molecular formula is C15H20N2O2. The van der Waals surface area contributed by atoms with E-state index in [9.17, 15) is 9.59 Å². The van der Waals surface area contributed by atoms with Gasteiger partial charge in [-0.15, -0.1) is 0 Å². The summed E-state index contributed by atoms with van der Waals surface area (Å²) in [4.78, 5) is 25.3. The average Bonchev–Trinajstić information content (AvgIpc) is 2.63. The molecule has 102 valence electrons. The summed E-state index contributed by atoms with van der Waals surface area (Å²) >= 11 is 0. The minimum Gasteiger partial charge on any atom is -0.354 e. The summed E-state index contributed by atoms with van der Waals surface area (Å²) in [5, 5.41) is 2.77. The molecule has 0 spiro atoms. The van der Waals surface area contributed by atoms with Crippen LogP contribution in [-0.2, 0) is 4.79 Å². The van der Waals surface area contributed by atoms with Crippen molar-refractivity contribution >= 4 is 11.8 Å². The first-order chi connectivity index (χ1) is 9.08. The molecule has 1 fully saturated rings. The van der Waals surface area contributed by atoms with Gasteiger partial charge in [0.2, 0.25) is 5.91 Å². The van der Waals surface area contributed by atoms with Gasteiger partial charge in [-0.1, -0.05) is 26.0 Å². The van der Waals surface area contributed by atoms with Crippen LogP contribution in [0.25, 0.3) is 0 Å². The smallest absolute Gasteiger partial charge is 0.253 e. The molecule has 0 atom stereocenters. The summed E-state index contributed by atoms with van der Waals surface area (Å²) in [6, 6.07) is 7.74. The molecule has 0 bridgehead atoms. The molecule has 0 aromatic heterocycles. The first-order valence-electron chi connectivity index (χ1n) is 6.74. The quantitative estimate of drug-likeness (QED) is 0.881. The van der Waals surface area contributed by atoms with Crippen molar-refractivity contribution in [1.82, 2.24) is 10.2 Å². The van der Waals surface area contributed by atoms with E-state index in [1.54, 1.807) is 4.90 Å². The second-order valence-electron chi connectivity index (χ2n) is 5.17. The molecule has 19 heavy (non-hydrogen) atoms. The van der Waals surface area contributed by atoms with Crippen LogP contribution >= 0.6 is 0 Å². The highest BCUT2D eigenvalue weighted by atomic mass is 16.2. The van der Waals surface area contributed by atoms with E-state index < -0.39 is 0 Å². The zero-order valence-corrected chi connectivity index (χ0v) is 11.5. The second-order valence-corrected chi connectivity index (χ2v) is 5.17. The number of carbonyl (C=O) groups is 2. The van der Waals surface area contributed by atoms with Crippen molar-refractivity contribution in [3.05, 3.63) is 35.4 Å². The lowest BCUT2D eigenvalue weighted by Crippen LogP contribution is -2.34. The molecule has 0 aliphatic carbocycles. The van der Waals surface area contributed by atoms with Crippen LogP contribution in [0.5, 0.6) is 0 Å². The minimum absolute atomic E-state index is 0.00630. The predicted octanol–water partition coefficient (Wildman–Crippen LogP) is 1.77. The Balaban J connectivity index is 2.08. The van der Waals surface area contributed by atoms with E-state index in [1.165, 1.54) is 5.56 Å². The van der Waals surface area contributed by atoms with Crippen molar-refractivity contribution < 1.29 is 9.59 Å². The molecule has 1 aromatic carbocycles. The molecule has 0 unspecified atom stereocenters. The normalized spacial score (nSPS) is 16.2. The van der Waals surface area contributed by atoms with E-state index in [-0.39, 0.29) is 11.8 Å². The molecule has 0 saturated carbocycles. The van der Waals surface area contributed by atoms with Gasteiger partial charge in [0.05, 0.1) is 0 Å². The molecule has 4 heteroatoms. The van der Waals surface area contributed by atoms with Crippen molar-refractivity contribution in [2.75, 3.05) is 19.6 Å². The van der Waals surface area contributed by atoms with Gasteiger partial charge in [-0.3, -0.25) is 9.59 Å². The fourth-order valence-electron chi connectivity index (χ4n) is 2.16. The maximum Gasteiger partial charge on any atom is 0.253 e. The molecule has 4 nitrogen and oxygen atoms in total. The number of rotatable bonds is 2. The van der Waals surface area contributed by atoms with Crippen LogP contribution in [0, 0.1) is 0 Å². The van der Waals surface area contributed by atoms with Gasteiger partial charge in [0, 0.05) is 31.6 Å². The van der Waals surface area contributed by atoms with Crippen molar-refractivity contribution in [3.8, 4) is 0 Å². The van der Waals surface area contributed by atoms with E-state index in [0.29, 0.717) is 37.5 Å². The van der Waals surface area contributed by atoms with Crippen molar-refractivity contribution in [2.45, 2.75) is 26.2 Å². The molecule has 1 N–H and O–H groups in total. The van der Waals surface area contributed by atoms with Crippen molar-refractivity contribution in [2.24, 2.45) is 0 Å². The molecule has 1 heterocycles. The fraction of sp³-hybridized carbons (Fsp3) is 0.467. The van der Waals surface area contributed by atoms with Gasteiger partial charge in [-0.2, -0.15) is 0 Å². The largest absolute Gasteiger partial charge is 0.354 e. The summed E-state index contributed by atoms with van der Waals surface area (Å²) in [5.74, 6) is 0.487. The van der Waals surface area contributed by atoms with Crippen LogP contribution in [0.15, 0.2) is 24.3 Å². The summed E-state index contributed by atoms with van der Waals surface area (Å²) in [5.41, 5.74) is 1.92. The molecule has 1 saturated heterocycles. The first kappa shape index (κ1) is 13.6. The summed E-state index contributed by atoms with van der Waals surface area (Å²) in [6.45, 7) is 5.87. The maximum atomic E-state index is 12.3. The van der Waals surface area contributed by atoms with E-state index in [4.69, 9.17) is 0 Å². The SMILES string of the molecule is CC(C)c1ccc(C(=O)N2CCNC(=O)CC2)cc1. The van der Waals surface area contributed by atoms with E-state index >= 15 is 0 Å². The molecule has 2 rings (SSSR count). The standard InChI is InChI=1S/C15H20N2O2/c1-11(2)12-3-5-13(6-4-12)15(19)17-9-7-14(18)16-8-10-17/h3-6,11H,7-10H2,1-2H3,(H,16,18). The van der Waals surface area contributed by atoms with Gasteiger partial charge >= 0.3 is 0 Å². The maximum absolute atomic E-state index is 12.3. The third-order valence-electron chi connectivity index (χ3n) is 3.42. The zero-order valence-electron chi connectivity index (χ0n) is 11.5. The zero-order chi connectivity index (χ0) is 13.8. The Morgan fingerprint density at radius 3 is 2.53 bits per heavy atom. The lowest BCUT2D eigenvalue weighted by atomic mass is 10.0. The summed E-state index contributed by atoms with van der Waals surface area (Å²) in [7, 11) is 0. The van der Waals surface area contributed by atoms with Gasteiger partial charge < -0.3 is 10.2 Å². The molecule has 2 amide bonds. The molecule has 1 aliphatic heterocycles. The highest BCUT2D eigenvalue weighted by molar-refractivity contribution is 5.94. The van der Waals surface area contributed by atoms with Crippen LogP contribution in [0.4, 0.5) is 0 Å². The Morgan fingerprint density at radius 1 is 1.21 bits per heavy atom. The van der Waals surface area contributed by atoms with E-state index in [2.05, 4.69) is 19.2 Å². The summed E-state index contributed by atoms with van der Waals surface area (Å²) < 4.78 is 0. The first-order valence-corrected chi connectivity index (χ1v) is 6.74. The lowest BCUT2D eigenvalue weighted by molar-refractivity contribution is -0.120. The fourth-order valence-corrected chi connectivity index (χ4v) is 2.16. The predicted molar refractivity (Wildman–Crippen MR) is 74.1 cm³/mol. The number of carbonyl (C=O) groups excluding carboxylic acids is 2. The Morgan fingerprint density at radius 2 is 1.89 bits per heavy atom. The highest BCUT2D eigenvalue weighted by Gasteiger charge is 2.19. The number of nitrogens with one attached hydrogen (secondary N) is 1. The number of amides is 2. The van der Waals surface area contributed by atoms with Crippen LogP contribution in [0.1, 0.15) is 42.1 Å². The number of nitrogens with zero attached hydrogens (tertiary/aromatic N) is 1.